The van der Waals surface area contributed by atoms with E-state index < -0.39 is 0 Å². The minimum absolute atomic E-state index is 0.470. The fraction of sp³-hybridized carbons (Fsp3) is 0.412. The molecule has 0 amide bonds. The second kappa shape index (κ2) is 5.70. The summed E-state index contributed by atoms with van der Waals surface area (Å²) in [5.74, 6) is 1.14. The third-order valence-corrected chi connectivity index (χ3v) is 4.59. The second-order valence-corrected chi connectivity index (χ2v) is 6.34. The van der Waals surface area contributed by atoms with Gasteiger partial charge in [0.2, 0.25) is 0 Å². The molecule has 0 aliphatic carbocycles. The van der Waals surface area contributed by atoms with Gasteiger partial charge in [-0.25, -0.2) is 4.98 Å². The van der Waals surface area contributed by atoms with E-state index in [1.54, 1.807) is 10.8 Å². The molecule has 0 spiro atoms. The lowest BCUT2D eigenvalue weighted by Crippen LogP contribution is -2.32. The normalized spacial score (nSPS) is 17.1. The summed E-state index contributed by atoms with van der Waals surface area (Å²) in [6.07, 6.45) is 5.77. The summed E-state index contributed by atoms with van der Waals surface area (Å²) in [6, 6.07) is 5.99. The van der Waals surface area contributed by atoms with Crippen molar-refractivity contribution in [2.24, 2.45) is 0 Å². The second-order valence-electron chi connectivity index (χ2n) is 6.34. The van der Waals surface area contributed by atoms with Crippen molar-refractivity contribution in [3.05, 3.63) is 47.7 Å². The number of rotatable bonds is 3. The Kier molecular flexibility index (Phi) is 3.53. The van der Waals surface area contributed by atoms with Crippen LogP contribution < -0.4 is 5.73 Å². The molecular formula is C17H21N5O. The van der Waals surface area contributed by atoms with E-state index in [4.69, 9.17) is 15.1 Å². The molecule has 6 nitrogen and oxygen atoms in total. The van der Waals surface area contributed by atoms with E-state index in [0.29, 0.717) is 11.7 Å². The molecule has 3 aromatic heterocycles. The first-order valence-corrected chi connectivity index (χ1v) is 8.05. The molecule has 1 fully saturated rings. The molecule has 0 bridgehead atoms. The monoisotopic (exact) mass is 311 g/mol. The van der Waals surface area contributed by atoms with Crippen LogP contribution in [0.5, 0.6) is 0 Å². The van der Waals surface area contributed by atoms with E-state index in [9.17, 15) is 0 Å². The van der Waals surface area contributed by atoms with Crippen molar-refractivity contribution in [1.29, 1.82) is 0 Å². The van der Waals surface area contributed by atoms with Crippen molar-refractivity contribution in [2.75, 3.05) is 18.8 Å². The van der Waals surface area contributed by atoms with Crippen molar-refractivity contribution < 1.29 is 4.42 Å². The number of aryl methyl sites for hydroxylation is 1. The number of piperidine rings is 1. The number of hydrogen-bond acceptors (Lipinski definition) is 5. The van der Waals surface area contributed by atoms with Gasteiger partial charge in [-0.15, -0.1) is 0 Å². The summed E-state index contributed by atoms with van der Waals surface area (Å²) in [5, 5.41) is 4.36. The zero-order valence-corrected chi connectivity index (χ0v) is 13.3. The highest BCUT2D eigenvalue weighted by Crippen LogP contribution is 2.29. The van der Waals surface area contributed by atoms with E-state index in [-0.39, 0.29) is 0 Å². The lowest BCUT2D eigenvalue weighted by atomic mass is 9.93. The Morgan fingerprint density at radius 1 is 1.30 bits per heavy atom. The maximum absolute atomic E-state index is 6.13. The molecule has 0 aromatic carbocycles. The largest absolute Gasteiger partial charge is 0.472 e. The third-order valence-electron chi connectivity index (χ3n) is 4.59. The standard InChI is InChI=1S/C17H21N5O/c1-12-8-17-19-15(9-16(18)22(17)20-12)14-2-5-21(6-3-14)10-13-4-7-23-11-13/h4,7-9,11,14H,2-3,5-6,10,18H2,1H3. The Hall–Kier alpha value is -2.34. The smallest absolute Gasteiger partial charge is 0.157 e. The first-order valence-electron chi connectivity index (χ1n) is 8.05. The average molecular weight is 311 g/mol. The van der Waals surface area contributed by atoms with Crippen LogP contribution in [0.1, 0.15) is 35.7 Å². The maximum atomic E-state index is 6.13. The molecule has 1 aliphatic rings. The van der Waals surface area contributed by atoms with Gasteiger partial charge < -0.3 is 10.2 Å². The van der Waals surface area contributed by atoms with Crippen LogP contribution in [0, 0.1) is 6.92 Å². The predicted molar refractivity (Wildman–Crippen MR) is 88.1 cm³/mol. The number of nitrogens with zero attached hydrogens (tertiary/aromatic N) is 4. The van der Waals surface area contributed by atoms with E-state index >= 15 is 0 Å². The van der Waals surface area contributed by atoms with Crippen LogP contribution in [-0.4, -0.2) is 32.6 Å². The number of aromatic nitrogens is 3. The number of nitrogens with two attached hydrogens (primary N) is 1. The van der Waals surface area contributed by atoms with Gasteiger partial charge in [-0.05, 0) is 38.9 Å². The maximum Gasteiger partial charge on any atom is 0.157 e. The van der Waals surface area contributed by atoms with Gasteiger partial charge >= 0.3 is 0 Å². The minimum atomic E-state index is 0.470. The number of likely N-dealkylation sites (tertiary alicyclic amines) is 1. The molecule has 0 unspecified atom stereocenters. The number of nitrogen functional groups attached to an aromatic ring is 1. The first-order chi connectivity index (χ1) is 11.2. The van der Waals surface area contributed by atoms with Crippen molar-refractivity contribution in [3.8, 4) is 0 Å². The van der Waals surface area contributed by atoms with E-state index in [0.717, 1.165) is 49.5 Å². The zero-order chi connectivity index (χ0) is 15.8. The molecule has 2 N–H and O–H groups in total. The molecule has 0 saturated carbocycles. The molecule has 3 aromatic rings. The predicted octanol–water partition coefficient (Wildman–Crippen LogP) is 2.59. The van der Waals surface area contributed by atoms with Gasteiger partial charge in [0.05, 0.1) is 18.2 Å². The van der Waals surface area contributed by atoms with Crippen LogP contribution >= 0.6 is 0 Å². The number of hydrogen-bond donors (Lipinski definition) is 1. The fourth-order valence-electron chi connectivity index (χ4n) is 3.37. The summed E-state index contributed by atoms with van der Waals surface area (Å²) < 4.78 is 6.86. The minimum Gasteiger partial charge on any atom is -0.472 e. The molecule has 4 rings (SSSR count). The van der Waals surface area contributed by atoms with Crippen LogP contribution in [0.25, 0.3) is 5.65 Å². The number of furan rings is 1. The lowest BCUT2D eigenvalue weighted by Gasteiger charge is -2.31. The number of fused-ring (bicyclic) bond motifs is 1. The summed E-state index contributed by atoms with van der Waals surface area (Å²) >= 11 is 0. The molecule has 1 saturated heterocycles. The van der Waals surface area contributed by atoms with Crippen LogP contribution in [0.15, 0.2) is 35.1 Å². The molecule has 1 aliphatic heterocycles. The Morgan fingerprint density at radius 3 is 2.87 bits per heavy atom. The molecule has 120 valence electrons. The summed E-state index contributed by atoms with van der Waals surface area (Å²) in [4.78, 5) is 7.23. The average Bonchev–Trinajstić information content (AvgIpc) is 3.17. The third kappa shape index (κ3) is 2.82. The van der Waals surface area contributed by atoms with Gasteiger partial charge in [-0.2, -0.15) is 9.61 Å². The fourth-order valence-corrected chi connectivity index (χ4v) is 3.37. The van der Waals surface area contributed by atoms with Gasteiger partial charge in [-0.3, -0.25) is 4.90 Å². The Labute approximate surface area is 134 Å². The van der Waals surface area contributed by atoms with Crippen molar-refractivity contribution in [3.63, 3.8) is 0 Å². The Bertz CT molecular complexity index is 800. The van der Waals surface area contributed by atoms with Gasteiger partial charge in [0.1, 0.15) is 5.82 Å². The van der Waals surface area contributed by atoms with Gasteiger partial charge in [0.25, 0.3) is 0 Å². The number of anilines is 1. The van der Waals surface area contributed by atoms with Crippen LogP contribution in [0.3, 0.4) is 0 Å². The summed E-state index contributed by atoms with van der Waals surface area (Å²) in [7, 11) is 0. The SMILES string of the molecule is Cc1cc2nc(C3CCN(Cc4ccoc4)CC3)cc(N)n2n1. The van der Waals surface area contributed by atoms with Crippen LogP contribution in [0.4, 0.5) is 5.82 Å². The quantitative estimate of drug-likeness (QED) is 0.805. The van der Waals surface area contributed by atoms with Gasteiger partial charge in [-0.1, -0.05) is 0 Å². The summed E-state index contributed by atoms with van der Waals surface area (Å²) in [5.41, 5.74) is 10.3. The molecule has 0 atom stereocenters. The molecule has 0 radical (unpaired) electrons. The van der Waals surface area contributed by atoms with Crippen molar-refractivity contribution in [2.45, 2.75) is 32.2 Å². The van der Waals surface area contributed by atoms with Crippen molar-refractivity contribution >= 4 is 11.5 Å². The van der Waals surface area contributed by atoms with E-state index in [1.165, 1.54) is 5.56 Å². The highest BCUT2D eigenvalue weighted by atomic mass is 16.3. The van der Waals surface area contributed by atoms with Crippen molar-refractivity contribution in [1.82, 2.24) is 19.5 Å². The van der Waals surface area contributed by atoms with Crippen LogP contribution in [0.2, 0.25) is 0 Å². The highest BCUT2D eigenvalue weighted by molar-refractivity contribution is 5.48. The lowest BCUT2D eigenvalue weighted by molar-refractivity contribution is 0.203. The summed E-state index contributed by atoms with van der Waals surface area (Å²) in [6.45, 7) is 5.06. The van der Waals surface area contributed by atoms with Gasteiger partial charge in [0.15, 0.2) is 5.65 Å². The molecular weight excluding hydrogens is 290 g/mol. The molecule has 6 heteroatoms. The van der Waals surface area contributed by atoms with Crippen LogP contribution in [-0.2, 0) is 6.54 Å². The van der Waals surface area contributed by atoms with Gasteiger partial charge in [0, 0.05) is 35.9 Å². The Balaban J connectivity index is 1.47. The Morgan fingerprint density at radius 2 is 2.13 bits per heavy atom. The highest BCUT2D eigenvalue weighted by Gasteiger charge is 2.23. The first kappa shape index (κ1) is 14.3. The zero-order valence-electron chi connectivity index (χ0n) is 13.3. The molecule has 4 heterocycles. The molecule has 23 heavy (non-hydrogen) atoms. The topological polar surface area (TPSA) is 72.6 Å². The van der Waals surface area contributed by atoms with E-state index in [1.807, 2.05) is 31.4 Å². The van der Waals surface area contributed by atoms with E-state index in [2.05, 4.69) is 10.00 Å².